The molecule has 108 valence electrons. The Bertz CT molecular complexity index is 345. The van der Waals surface area contributed by atoms with Crippen LogP contribution in [0, 0.1) is 5.92 Å². The van der Waals surface area contributed by atoms with Gasteiger partial charge < -0.3 is 21.2 Å². The molecule has 2 fully saturated rings. The Kier molecular flexibility index (Phi) is 4.23. The van der Waals surface area contributed by atoms with Crippen LogP contribution in [-0.2, 0) is 4.79 Å². The van der Waals surface area contributed by atoms with Crippen molar-refractivity contribution in [3.63, 3.8) is 0 Å². The molecule has 0 aromatic carbocycles. The van der Waals surface area contributed by atoms with E-state index in [0.717, 1.165) is 38.6 Å². The molecule has 1 aliphatic carbocycles. The Morgan fingerprint density at radius 1 is 1.58 bits per heavy atom. The van der Waals surface area contributed by atoms with E-state index in [1.54, 1.807) is 6.82 Å². The molecule has 1 heterocycles. The monoisotopic (exact) mass is 268 g/mol. The number of hydrogen-bond acceptors (Lipinski definition) is 4. The summed E-state index contributed by atoms with van der Waals surface area (Å²) >= 11 is 0. The fourth-order valence-electron chi connectivity index (χ4n) is 3.89. The van der Waals surface area contributed by atoms with Gasteiger partial charge in [0.25, 0.3) is 6.92 Å². The summed E-state index contributed by atoms with van der Waals surface area (Å²) in [5.74, 6) is -0.866. The Balaban J connectivity index is 2.04. The highest BCUT2D eigenvalue weighted by Crippen LogP contribution is 2.47. The minimum absolute atomic E-state index is 0.00866. The molecule has 3 atom stereocenters. The van der Waals surface area contributed by atoms with Gasteiger partial charge in [0.05, 0.1) is 0 Å². The summed E-state index contributed by atoms with van der Waals surface area (Å²) < 4.78 is 0. The molecule has 19 heavy (non-hydrogen) atoms. The Morgan fingerprint density at radius 3 is 2.84 bits per heavy atom. The zero-order valence-corrected chi connectivity index (χ0v) is 11.7. The van der Waals surface area contributed by atoms with E-state index in [1.807, 2.05) is 0 Å². The standard InChI is InChI=1S/C13H25BN2O3/c1-14(19)6-2-4-10-8-12(5-3-7-16-12)9-13(10,15)11(17)18/h10,16,19H,2-9,15H2,1H3,(H,17,18). The highest BCUT2D eigenvalue weighted by Gasteiger charge is 2.56. The van der Waals surface area contributed by atoms with Crippen LogP contribution in [0.4, 0.5) is 0 Å². The van der Waals surface area contributed by atoms with Gasteiger partial charge >= 0.3 is 5.97 Å². The number of nitrogens with one attached hydrogen (secondary N) is 1. The quantitative estimate of drug-likeness (QED) is 0.550. The molecule has 1 saturated carbocycles. The highest BCUT2D eigenvalue weighted by molar-refractivity contribution is 6.48. The lowest BCUT2D eigenvalue weighted by Gasteiger charge is -2.27. The third-order valence-corrected chi connectivity index (χ3v) is 4.90. The predicted octanol–water partition coefficient (Wildman–Crippen LogP) is 0.695. The van der Waals surface area contributed by atoms with Gasteiger partial charge in [-0.2, -0.15) is 0 Å². The zero-order chi connectivity index (χ0) is 14.1. The molecule has 0 bridgehead atoms. The summed E-state index contributed by atoms with van der Waals surface area (Å²) in [6, 6.07) is 0. The van der Waals surface area contributed by atoms with E-state index in [0.29, 0.717) is 12.7 Å². The van der Waals surface area contributed by atoms with E-state index in [-0.39, 0.29) is 18.4 Å². The van der Waals surface area contributed by atoms with Crippen LogP contribution in [0.15, 0.2) is 0 Å². The third kappa shape index (κ3) is 2.96. The summed E-state index contributed by atoms with van der Waals surface area (Å²) in [6.45, 7) is 2.41. The van der Waals surface area contributed by atoms with Gasteiger partial charge in [-0.15, -0.1) is 0 Å². The fourth-order valence-corrected chi connectivity index (χ4v) is 3.89. The zero-order valence-electron chi connectivity index (χ0n) is 11.7. The molecule has 2 aliphatic rings. The van der Waals surface area contributed by atoms with Crippen molar-refractivity contribution >= 4 is 12.9 Å². The molecule has 5 N–H and O–H groups in total. The number of carboxylic acid groups (broad SMARTS) is 1. The first-order valence-corrected chi connectivity index (χ1v) is 7.33. The largest absolute Gasteiger partial charge is 0.480 e. The van der Waals surface area contributed by atoms with Crippen molar-refractivity contribution in [3.05, 3.63) is 0 Å². The van der Waals surface area contributed by atoms with E-state index in [1.165, 1.54) is 0 Å². The van der Waals surface area contributed by atoms with Gasteiger partial charge in [0.2, 0.25) is 0 Å². The van der Waals surface area contributed by atoms with Crippen LogP contribution in [0.5, 0.6) is 0 Å². The molecule has 6 heteroatoms. The maximum absolute atomic E-state index is 11.6. The number of nitrogens with two attached hydrogens (primary N) is 1. The molecule has 1 spiro atoms. The molecular weight excluding hydrogens is 243 g/mol. The minimum atomic E-state index is -1.10. The second-order valence-electron chi connectivity index (χ2n) is 6.51. The summed E-state index contributed by atoms with van der Waals surface area (Å²) in [7, 11) is 0. The minimum Gasteiger partial charge on any atom is -0.480 e. The van der Waals surface area contributed by atoms with E-state index >= 15 is 0 Å². The van der Waals surface area contributed by atoms with Crippen molar-refractivity contribution in [2.24, 2.45) is 11.7 Å². The van der Waals surface area contributed by atoms with Gasteiger partial charge in [-0.05, 0) is 50.9 Å². The van der Waals surface area contributed by atoms with Crippen LogP contribution in [0.25, 0.3) is 0 Å². The van der Waals surface area contributed by atoms with Crippen LogP contribution in [0.3, 0.4) is 0 Å². The first-order valence-electron chi connectivity index (χ1n) is 7.33. The number of hydrogen-bond donors (Lipinski definition) is 4. The molecule has 5 nitrogen and oxygen atoms in total. The molecule has 1 aliphatic heterocycles. The Morgan fingerprint density at radius 2 is 2.32 bits per heavy atom. The van der Waals surface area contributed by atoms with Crippen molar-refractivity contribution in [1.82, 2.24) is 5.32 Å². The molecule has 3 unspecified atom stereocenters. The van der Waals surface area contributed by atoms with Gasteiger partial charge in [-0.25, -0.2) is 0 Å². The average molecular weight is 268 g/mol. The highest BCUT2D eigenvalue weighted by atomic mass is 16.4. The first-order chi connectivity index (χ1) is 8.88. The Labute approximate surface area is 115 Å². The molecule has 2 rings (SSSR count). The van der Waals surface area contributed by atoms with Crippen molar-refractivity contribution < 1.29 is 14.9 Å². The SMILES string of the molecule is CB(O)CCCC1CC2(CCCN2)CC1(N)C(=O)O. The molecule has 0 radical (unpaired) electrons. The second-order valence-corrected chi connectivity index (χ2v) is 6.51. The van der Waals surface area contributed by atoms with Crippen LogP contribution >= 0.6 is 0 Å². The normalized spacial score (nSPS) is 37.9. The lowest BCUT2D eigenvalue weighted by atomic mass is 9.66. The molecule has 0 aromatic heterocycles. The maximum Gasteiger partial charge on any atom is 0.324 e. The molecule has 1 saturated heterocycles. The van der Waals surface area contributed by atoms with Gasteiger partial charge in [0.15, 0.2) is 0 Å². The molecular formula is C13H25BN2O3. The average Bonchev–Trinajstić information content (AvgIpc) is 2.86. The van der Waals surface area contributed by atoms with Crippen LogP contribution in [-0.4, -0.2) is 40.6 Å². The number of rotatable bonds is 5. The van der Waals surface area contributed by atoms with Crippen molar-refractivity contribution in [2.75, 3.05) is 6.54 Å². The maximum atomic E-state index is 11.6. The lowest BCUT2D eigenvalue weighted by molar-refractivity contribution is -0.145. The second kappa shape index (κ2) is 5.42. The van der Waals surface area contributed by atoms with Crippen molar-refractivity contribution in [1.29, 1.82) is 0 Å². The number of carboxylic acids is 1. The van der Waals surface area contributed by atoms with Gasteiger partial charge in [0, 0.05) is 5.54 Å². The van der Waals surface area contributed by atoms with Gasteiger partial charge in [0.1, 0.15) is 5.54 Å². The van der Waals surface area contributed by atoms with Crippen LogP contribution in [0.1, 0.15) is 38.5 Å². The first kappa shape index (κ1) is 14.8. The Hall–Kier alpha value is -0.585. The summed E-state index contributed by atoms with van der Waals surface area (Å²) in [6.07, 6.45) is 5.88. The molecule has 0 aromatic rings. The number of aliphatic carboxylic acids is 1. The number of carbonyl (C=O) groups is 1. The van der Waals surface area contributed by atoms with Crippen molar-refractivity contribution in [2.45, 2.75) is 62.7 Å². The topological polar surface area (TPSA) is 95.6 Å². The molecule has 0 amide bonds. The van der Waals surface area contributed by atoms with E-state index in [2.05, 4.69) is 5.32 Å². The predicted molar refractivity (Wildman–Crippen MR) is 75.1 cm³/mol. The van der Waals surface area contributed by atoms with E-state index < -0.39 is 11.5 Å². The smallest absolute Gasteiger partial charge is 0.324 e. The summed E-state index contributed by atoms with van der Waals surface area (Å²) in [4.78, 5) is 11.6. The summed E-state index contributed by atoms with van der Waals surface area (Å²) in [5.41, 5.74) is 5.06. The lowest BCUT2D eigenvalue weighted by Crippen LogP contribution is -2.52. The van der Waals surface area contributed by atoms with Crippen molar-refractivity contribution in [3.8, 4) is 0 Å². The van der Waals surface area contributed by atoms with Gasteiger partial charge in [-0.1, -0.05) is 13.2 Å². The van der Waals surface area contributed by atoms with E-state index in [4.69, 9.17) is 5.73 Å². The third-order valence-electron chi connectivity index (χ3n) is 4.90. The van der Waals surface area contributed by atoms with Crippen LogP contribution < -0.4 is 11.1 Å². The van der Waals surface area contributed by atoms with E-state index in [9.17, 15) is 14.9 Å². The summed E-state index contributed by atoms with van der Waals surface area (Å²) in [5, 5.41) is 22.3. The van der Waals surface area contributed by atoms with Crippen LogP contribution in [0.2, 0.25) is 13.1 Å². The van der Waals surface area contributed by atoms with Gasteiger partial charge in [-0.3, -0.25) is 4.79 Å². The fraction of sp³-hybridized carbons (Fsp3) is 0.923.